The Balaban J connectivity index is 1.28. The number of carbonyl (C=O) groups excluding carboxylic acids is 1. The van der Waals surface area contributed by atoms with Crippen molar-refractivity contribution in [1.29, 1.82) is 0 Å². The molecule has 2 aliphatic heterocycles. The Hall–Kier alpha value is -1.96. The lowest BCUT2D eigenvalue weighted by Crippen LogP contribution is -2.46. The first-order valence-electron chi connectivity index (χ1n) is 11.5. The average molecular weight is 442 g/mol. The summed E-state index contributed by atoms with van der Waals surface area (Å²) in [6.07, 6.45) is 1.82. The highest BCUT2D eigenvalue weighted by atomic mass is 32.1. The Bertz CT molecular complexity index is 882. The number of aryl methyl sites for hydroxylation is 2. The van der Waals surface area contributed by atoms with Crippen LogP contribution in [0.1, 0.15) is 36.0 Å². The minimum atomic E-state index is 0.0922. The fraction of sp³-hybridized carbons (Fsp3) is 0.583. The van der Waals surface area contributed by atoms with E-state index in [0.717, 1.165) is 87.2 Å². The van der Waals surface area contributed by atoms with Crippen LogP contribution in [0.2, 0.25) is 0 Å². The summed E-state index contributed by atoms with van der Waals surface area (Å²) in [7, 11) is 0. The second-order valence-corrected chi connectivity index (χ2v) is 9.88. The fourth-order valence-corrected chi connectivity index (χ4v) is 5.21. The molecule has 2 aliphatic rings. The average Bonchev–Trinajstić information content (AvgIpc) is 3.20. The van der Waals surface area contributed by atoms with E-state index < -0.39 is 0 Å². The summed E-state index contributed by atoms with van der Waals surface area (Å²) in [4.78, 5) is 24.8. The van der Waals surface area contributed by atoms with Crippen LogP contribution in [0.15, 0.2) is 23.6 Å². The molecule has 0 unspecified atom stereocenters. The van der Waals surface area contributed by atoms with Crippen molar-refractivity contribution in [1.82, 2.24) is 14.8 Å². The molecule has 0 spiro atoms. The number of nitrogens with zero attached hydrogens (tertiary/aromatic N) is 4. The predicted molar refractivity (Wildman–Crippen MR) is 129 cm³/mol. The monoisotopic (exact) mass is 441 g/mol. The molecule has 0 saturated carbocycles. The van der Waals surface area contributed by atoms with Gasteiger partial charge < -0.3 is 15.1 Å². The number of benzene rings is 1. The number of hydrogen-bond donors (Lipinski definition) is 1. The SMILES string of the molecule is CCN1CCN(c2ccc(NC(=O)C3CCN(Cc4csc(C)n4)CC3)c(C)c2)CC1. The number of piperidine rings is 1. The van der Waals surface area contributed by atoms with Crippen LogP contribution in [0.25, 0.3) is 0 Å². The molecule has 1 aromatic carbocycles. The molecule has 2 aromatic rings. The number of thiazole rings is 1. The number of piperazine rings is 1. The lowest BCUT2D eigenvalue weighted by Gasteiger charge is -2.35. The van der Waals surface area contributed by atoms with Gasteiger partial charge in [-0.1, -0.05) is 6.92 Å². The Morgan fingerprint density at radius 2 is 1.84 bits per heavy atom. The van der Waals surface area contributed by atoms with Crippen LogP contribution in [-0.4, -0.2) is 66.5 Å². The summed E-state index contributed by atoms with van der Waals surface area (Å²) < 4.78 is 0. The maximum Gasteiger partial charge on any atom is 0.227 e. The summed E-state index contributed by atoms with van der Waals surface area (Å²) in [5.74, 6) is 0.256. The molecule has 2 saturated heterocycles. The minimum absolute atomic E-state index is 0.0922. The van der Waals surface area contributed by atoms with Crippen LogP contribution < -0.4 is 10.2 Å². The number of amides is 1. The smallest absolute Gasteiger partial charge is 0.227 e. The van der Waals surface area contributed by atoms with Crippen molar-refractivity contribution in [3.63, 3.8) is 0 Å². The van der Waals surface area contributed by atoms with Crippen molar-refractivity contribution < 1.29 is 4.79 Å². The van der Waals surface area contributed by atoms with Crippen LogP contribution in [0.3, 0.4) is 0 Å². The van der Waals surface area contributed by atoms with E-state index in [1.54, 1.807) is 11.3 Å². The zero-order valence-electron chi connectivity index (χ0n) is 19.1. The summed E-state index contributed by atoms with van der Waals surface area (Å²) >= 11 is 1.70. The molecule has 3 heterocycles. The Labute approximate surface area is 190 Å². The second-order valence-electron chi connectivity index (χ2n) is 8.82. The number of aromatic nitrogens is 1. The normalized spacial score (nSPS) is 19.0. The first-order chi connectivity index (χ1) is 15.0. The van der Waals surface area contributed by atoms with Gasteiger partial charge in [-0.05, 0) is 70.1 Å². The summed E-state index contributed by atoms with van der Waals surface area (Å²) in [5, 5.41) is 6.46. The van der Waals surface area contributed by atoms with Gasteiger partial charge in [-0.15, -0.1) is 11.3 Å². The van der Waals surface area contributed by atoms with Crippen LogP contribution in [0, 0.1) is 19.8 Å². The zero-order chi connectivity index (χ0) is 21.8. The van der Waals surface area contributed by atoms with Crippen LogP contribution in [-0.2, 0) is 11.3 Å². The molecule has 1 amide bonds. The molecule has 0 atom stereocenters. The van der Waals surface area contributed by atoms with E-state index in [2.05, 4.69) is 62.4 Å². The molecular weight excluding hydrogens is 406 g/mol. The first-order valence-corrected chi connectivity index (χ1v) is 12.4. The number of likely N-dealkylation sites (tertiary alicyclic amines) is 1. The Kier molecular flexibility index (Phi) is 7.25. The molecule has 2 fully saturated rings. The third-order valence-electron chi connectivity index (χ3n) is 6.66. The molecule has 0 radical (unpaired) electrons. The van der Waals surface area contributed by atoms with Gasteiger partial charge in [-0.3, -0.25) is 9.69 Å². The molecule has 168 valence electrons. The fourth-order valence-electron chi connectivity index (χ4n) is 4.61. The van der Waals surface area contributed by atoms with Gasteiger partial charge in [-0.2, -0.15) is 0 Å². The molecule has 1 N–H and O–H groups in total. The van der Waals surface area contributed by atoms with E-state index in [0.29, 0.717) is 0 Å². The number of nitrogens with one attached hydrogen (secondary N) is 1. The highest BCUT2D eigenvalue weighted by molar-refractivity contribution is 7.09. The topological polar surface area (TPSA) is 51.7 Å². The lowest BCUT2D eigenvalue weighted by atomic mass is 9.95. The second kappa shape index (κ2) is 10.1. The Morgan fingerprint density at radius 3 is 2.45 bits per heavy atom. The quantitative estimate of drug-likeness (QED) is 0.740. The van der Waals surface area contributed by atoms with Gasteiger partial charge in [0.2, 0.25) is 5.91 Å². The van der Waals surface area contributed by atoms with Gasteiger partial charge in [0.05, 0.1) is 10.7 Å². The number of carbonyl (C=O) groups is 1. The standard InChI is InChI=1S/C24H35N5OS/c1-4-27-11-13-29(14-12-27)22-5-6-23(18(2)15-22)26-24(30)20-7-9-28(10-8-20)16-21-17-31-19(3)25-21/h5-6,15,17,20H,4,7-14,16H2,1-3H3,(H,26,30). The van der Waals surface area contributed by atoms with Crippen LogP contribution >= 0.6 is 11.3 Å². The van der Waals surface area contributed by atoms with Gasteiger partial charge in [-0.25, -0.2) is 4.98 Å². The molecule has 1 aromatic heterocycles. The first kappa shape index (κ1) is 22.2. The van der Waals surface area contributed by atoms with E-state index in [1.165, 1.54) is 5.69 Å². The predicted octanol–water partition coefficient (Wildman–Crippen LogP) is 3.75. The van der Waals surface area contributed by atoms with Crippen molar-refractivity contribution in [3.8, 4) is 0 Å². The summed E-state index contributed by atoms with van der Waals surface area (Å²) in [6.45, 7) is 14.7. The highest BCUT2D eigenvalue weighted by Gasteiger charge is 2.26. The van der Waals surface area contributed by atoms with Crippen LogP contribution in [0.4, 0.5) is 11.4 Å². The van der Waals surface area contributed by atoms with Crippen LogP contribution in [0.5, 0.6) is 0 Å². The number of rotatable bonds is 6. The molecule has 0 aliphatic carbocycles. The highest BCUT2D eigenvalue weighted by Crippen LogP contribution is 2.26. The number of anilines is 2. The Morgan fingerprint density at radius 1 is 1.10 bits per heavy atom. The van der Waals surface area contributed by atoms with E-state index in [4.69, 9.17) is 0 Å². The van der Waals surface area contributed by atoms with Gasteiger partial charge in [0.1, 0.15) is 0 Å². The maximum atomic E-state index is 12.9. The maximum absolute atomic E-state index is 12.9. The largest absolute Gasteiger partial charge is 0.369 e. The third kappa shape index (κ3) is 5.64. The van der Waals surface area contributed by atoms with Crippen molar-refractivity contribution >= 4 is 28.6 Å². The minimum Gasteiger partial charge on any atom is -0.369 e. The summed E-state index contributed by atoms with van der Waals surface area (Å²) in [5.41, 5.74) is 4.50. The van der Waals surface area contributed by atoms with Crippen molar-refractivity contribution in [2.45, 2.75) is 40.2 Å². The lowest BCUT2D eigenvalue weighted by molar-refractivity contribution is -0.121. The summed E-state index contributed by atoms with van der Waals surface area (Å²) in [6, 6.07) is 6.45. The number of likely N-dealkylation sites (N-methyl/N-ethyl adjacent to an activating group) is 1. The van der Waals surface area contributed by atoms with Crippen molar-refractivity contribution in [3.05, 3.63) is 39.8 Å². The number of hydrogen-bond acceptors (Lipinski definition) is 6. The molecule has 6 nitrogen and oxygen atoms in total. The van der Waals surface area contributed by atoms with E-state index in [1.807, 2.05) is 6.92 Å². The molecule has 31 heavy (non-hydrogen) atoms. The molecule has 4 rings (SSSR count). The van der Waals surface area contributed by atoms with Crippen molar-refractivity contribution in [2.24, 2.45) is 5.92 Å². The molecule has 0 bridgehead atoms. The van der Waals surface area contributed by atoms with Gasteiger partial charge in [0.15, 0.2) is 0 Å². The molecule has 7 heteroatoms. The van der Waals surface area contributed by atoms with Gasteiger partial charge in [0.25, 0.3) is 0 Å². The zero-order valence-corrected chi connectivity index (χ0v) is 19.9. The molecular formula is C24H35N5OS. The third-order valence-corrected chi connectivity index (χ3v) is 7.49. The van der Waals surface area contributed by atoms with Gasteiger partial charge in [0, 0.05) is 55.4 Å². The van der Waals surface area contributed by atoms with E-state index in [-0.39, 0.29) is 11.8 Å². The van der Waals surface area contributed by atoms with Crippen molar-refractivity contribution in [2.75, 3.05) is 56.0 Å². The van der Waals surface area contributed by atoms with E-state index in [9.17, 15) is 4.79 Å². The van der Waals surface area contributed by atoms with E-state index >= 15 is 0 Å². The van der Waals surface area contributed by atoms with Gasteiger partial charge >= 0.3 is 0 Å².